The summed E-state index contributed by atoms with van der Waals surface area (Å²) in [6, 6.07) is 8.46. The van der Waals surface area contributed by atoms with Crippen molar-refractivity contribution in [2.45, 2.75) is 50.7 Å². The molecular formula is C22H32ClN3O3S. The molecular weight excluding hydrogens is 422 g/mol. The van der Waals surface area contributed by atoms with E-state index in [0.29, 0.717) is 38.0 Å². The van der Waals surface area contributed by atoms with E-state index in [1.165, 1.54) is 12.8 Å². The Kier molecular flexibility index (Phi) is 7.02. The summed E-state index contributed by atoms with van der Waals surface area (Å²) in [5, 5.41) is 0.757. The van der Waals surface area contributed by atoms with Gasteiger partial charge in [-0.2, -0.15) is 0 Å². The molecule has 3 fully saturated rings. The third kappa shape index (κ3) is 5.36. The first-order valence-corrected chi connectivity index (χ1v) is 13.3. The molecule has 0 aromatic heterocycles. The molecule has 3 aliphatic rings. The van der Waals surface area contributed by atoms with Gasteiger partial charge in [0.1, 0.15) is 0 Å². The lowest BCUT2D eigenvalue weighted by atomic mass is 10.1. The molecule has 0 N–H and O–H groups in total. The van der Waals surface area contributed by atoms with Crippen molar-refractivity contribution in [1.29, 1.82) is 0 Å². The minimum absolute atomic E-state index is 0.127. The monoisotopic (exact) mass is 453 g/mol. The van der Waals surface area contributed by atoms with Gasteiger partial charge in [0, 0.05) is 49.8 Å². The van der Waals surface area contributed by atoms with Crippen molar-refractivity contribution in [3.05, 3.63) is 34.9 Å². The van der Waals surface area contributed by atoms with Crippen molar-refractivity contribution in [3.8, 4) is 0 Å². The molecule has 1 aromatic rings. The SMILES string of the molecule is O=C(CN(Cc1ccccc1Cl)C1CCCC1)N1CCN(C2CCS(=O)(=O)C2)CC1. The number of carbonyl (C=O) groups is 1. The number of carbonyl (C=O) groups excluding carboxylic acids is 1. The van der Waals surface area contributed by atoms with Gasteiger partial charge in [0.25, 0.3) is 0 Å². The fourth-order valence-corrected chi connectivity index (χ4v) is 7.06. The summed E-state index contributed by atoms with van der Waals surface area (Å²) in [5.41, 5.74) is 1.08. The normalized spacial score (nSPS) is 25.3. The van der Waals surface area contributed by atoms with Gasteiger partial charge in [0.2, 0.25) is 5.91 Å². The second-order valence-corrected chi connectivity index (χ2v) is 11.5. The molecule has 8 heteroatoms. The molecule has 2 saturated heterocycles. The molecule has 2 heterocycles. The standard InChI is InChI=1S/C22H32ClN3O3S/c23-21-8-4-1-5-18(21)15-26(19-6-2-3-7-19)16-22(27)25-12-10-24(11-13-25)20-9-14-30(28,29)17-20/h1,4-5,8,19-20H,2-3,6-7,9-17H2. The molecule has 1 amide bonds. The van der Waals surface area contributed by atoms with Crippen molar-refractivity contribution < 1.29 is 13.2 Å². The van der Waals surface area contributed by atoms with Crippen LogP contribution in [0.5, 0.6) is 0 Å². The number of rotatable bonds is 6. The number of benzene rings is 1. The molecule has 1 unspecified atom stereocenters. The largest absolute Gasteiger partial charge is 0.339 e. The Balaban J connectivity index is 1.34. The Morgan fingerprint density at radius 2 is 1.77 bits per heavy atom. The van der Waals surface area contributed by atoms with E-state index in [9.17, 15) is 13.2 Å². The zero-order valence-corrected chi connectivity index (χ0v) is 19.1. The average molecular weight is 454 g/mol. The first-order valence-electron chi connectivity index (χ1n) is 11.1. The highest BCUT2D eigenvalue weighted by Crippen LogP contribution is 2.27. The highest BCUT2D eigenvalue weighted by atomic mass is 35.5. The Hall–Kier alpha value is -1.15. The van der Waals surface area contributed by atoms with Crippen molar-refractivity contribution >= 4 is 27.3 Å². The van der Waals surface area contributed by atoms with E-state index in [1.54, 1.807) is 0 Å². The molecule has 0 bridgehead atoms. The smallest absolute Gasteiger partial charge is 0.236 e. The molecule has 30 heavy (non-hydrogen) atoms. The fraction of sp³-hybridized carbons (Fsp3) is 0.682. The number of piperazine rings is 1. The molecule has 166 valence electrons. The maximum atomic E-state index is 13.1. The maximum absolute atomic E-state index is 13.1. The summed E-state index contributed by atoms with van der Waals surface area (Å²) in [4.78, 5) is 19.6. The summed E-state index contributed by atoms with van der Waals surface area (Å²) in [6.07, 6.45) is 5.45. The van der Waals surface area contributed by atoms with Crippen LogP contribution < -0.4 is 0 Å². The van der Waals surface area contributed by atoms with Crippen molar-refractivity contribution in [2.24, 2.45) is 0 Å². The van der Waals surface area contributed by atoms with Crippen LogP contribution in [0.3, 0.4) is 0 Å². The molecule has 2 aliphatic heterocycles. The predicted molar refractivity (Wildman–Crippen MR) is 119 cm³/mol. The van der Waals surface area contributed by atoms with Gasteiger partial charge in [-0.25, -0.2) is 8.42 Å². The van der Waals surface area contributed by atoms with E-state index >= 15 is 0 Å². The van der Waals surface area contributed by atoms with Crippen LogP contribution in [-0.4, -0.2) is 85.3 Å². The van der Waals surface area contributed by atoms with Gasteiger partial charge in [-0.1, -0.05) is 42.6 Å². The van der Waals surface area contributed by atoms with E-state index in [1.807, 2.05) is 29.2 Å². The molecule has 1 aliphatic carbocycles. The number of hydrogen-bond acceptors (Lipinski definition) is 5. The minimum atomic E-state index is -2.87. The third-order valence-corrected chi connectivity index (χ3v) is 9.02. The van der Waals surface area contributed by atoms with Crippen LogP contribution in [0.15, 0.2) is 24.3 Å². The Morgan fingerprint density at radius 3 is 2.40 bits per heavy atom. The number of nitrogens with zero attached hydrogens (tertiary/aromatic N) is 3. The lowest BCUT2D eigenvalue weighted by molar-refractivity contribution is -0.135. The van der Waals surface area contributed by atoms with Crippen LogP contribution in [0, 0.1) is 0 Å². The van der Waals surface area contributed by atoms with Crippen LogP contribution in [0.25, 0.3) is 0 Å². The van der Waals surface area contributed by atoms with Crippen molar-refractivity contribution in [3.63, 3.8) is 0 Å². The zero-order valence-electron chi connectivity index (χ0n) is 17.5. The van der Waals surface area contributed by atoms with Gasteiger partial charge in [0.05, 0.1) is 18.1 Å². The quantitative estimate of drug-likeness (QED) is 0.662. The van der Waals surface area contributed by atoms with E-state index in [-0.39, 0.29) is 17.7 Å². The summed E-state index contributed by atoms with van der Waals surface area (Å²) in [5.74, 6) is 0.747. The second-order valence-electron chi connectivity index (χ2n) is 8.91. The summed E-state index contributed by atoms with van der Waals surface area (Å²) < 4.78 is 23.5. The molecule has 0 radical (unpaired) electrons. The topological polar surface area (TPSA) is 60.9 Å². The maximum Gasteiger partial charge on any atom is 0.236 e. The van der Waals surface area contributed by atoms with Crippen molar-refractivity contribution in [2.75, 3.05) is 44.2 Å². The first kappa shape index (κ1) is 22.1. The molecule has 1 saturated carbocycles. The summed E-state index contributed by atoms with van der Waals surface area (Å²) in [7, 11) is -2.87. The number of hydrogen-bond donors (Lipinski definition) is 0. The van der Waals surface area contributed by atoms with Gasteiger partial charge in [-0.3, -0.25) is 14.6 Å². The Morgan fingerprint density at radius 1 is 1.07 bits per heavy atom. The van der Waals surface area contributed by atoms with Crippen LogP contribution in [0.2, 0.25) is 5.02 Å². The zero-order chi connectivity index (χ0) is 21.1. The van der Waals surface area contributed by atoms with Crippen molar-refractivity contribution in [1.82, 2.24) is 14.7 Å². The molecule has 1 aromatic carbocycles. The average Bonchev–Trinajstić information content (AvgIpc) is 3.39. The predicted octanol–water partition coefficient (Wildman–Crippen LogP) is 2.42. The second kappa shape index (κ2) is 9.55. The van der Waals surface area contributed by atoms with E-state index in [0.717, 1.165) is 42.9 Å². The van der Waals surface area contributed by atoms with E-state index < -0.39 is 9.84 Å². The molecule has 4 rings (SSSR count). The van der Waals surface area contributed by atoms with Gasteiger partial charge in [-0.15, -0.1) is 0 Å². The van der Waals surface area contributed by atoms with E-state index in [2.05, 4.69) is 9.80 Å². The first-order chi connectivity index (χ1) is 14.4. The molecule has 1 atom stereocenters. The lowest BCUT2D eigenvalue weighted by Crippen LogP contribution is -2.54. The minimum Gasteiger partial charge on any atom is -0.339 e. The Labute approximate surface area is 185 Å². The molecule has 0 spiro atoms. The fourth-order valence-electron chi connectivity index (χ4n) is 5.10. The van der Waals surface area contributed by atoms with E-state index in [4.69, 9.17) is 11.6 Å². The highest BCUT2D eigenvalue weighted by Gasteiger charge is 2.35. The van der Waals surface area contributed by atoms with Crippen LogP contribution >= 0.6 is 11.6 Å². The number of sulfone groups is 1. The van der Waals surface area contributed by atoms with Crippen LogP contribution in [-0.2, 0) is 21.2 Å². The van der Waals surface area contributed by atoms with Crippen LogP contribution in [0.4, 0.5) is 0 Å². The molecule has 6 nitrogen and oxygen atoms in total. The summed E-state index contributed by atoms with van der Waals surface area (Å²) in [6.45, 7) is 4.02. The van der Waals surface area contributed by atoms with Gasteiger partial charge in [-0.05, 0) is 30.9 Å². The lowest BCUT2D eigenvalue weighted by Gasteiger charge is -2.39. The Bertz CT molecular complexity index is 849. The summed E-state index contributed by atoms with van der Waals surface area (Å²) >= 11 is 6.39. The van der Waals surface area contributed by atoms with Crippen LogP contribution in [0.1, 0.15) is 37.7 Å². The highest BCUT2D eigenvalue weighted by molar-refractivity contribution is 7.91. The van der Waals surface area contributed by atoms with Gasteiger partial charge in [0.15, 0.2) is 9.84 Å². The number of halogens is 1. The van der Waals surface area contributed by atoms with Gasteiger partial charge >= 0.3 is 0 Å². The van der Waals surface area contributed by atoms with Gasteiger partial charge < -0.3 is 4.90 Å². The number of amides is 1. The third-order valence-electron chi connectivity index (χ3n) is 6.90.